The summed E-state index contributed by atoms with van der Waals surface area (Å²) in [6, 6.07) is 9.80. The highest BCUT2D eigenvalue weighted by molar-refractivity contribution is 6.32. The van der Waals surface area contributed by atoms with E-state index in [4.69, 9.17) is 16.3 Å². The fourth-order valence-corrected chi connectivity index (χ4v) is 7.07. The predicted molar refractivity (Wildman–Crippen MR) is 150 cm³/mol. The molecule has 2 aromatic carbocycles. The SMILES string of the molecule is COc1cc([C@H]2C3=CC[C@@H]4C(=O)N(CCc5ccc(O)cc5)C(=O)[C@@H]4[C@@H]3CC3=C2C(=O)C(C)=CC3=O)cc(Cl)c1O. The molecule has 41 heavy (non-hydrogen) atoms. The van der Waals surface area contributed by atoms with E-state index < -0.39 is 23.7 Å². The van der Waals surface area contributed by atoms with E-state index >= 15 is 0 Å². The van der Waals surface area contributed by atoms with Crippen molar-refractivity contribution in [3.8, 4) is 17.2 Å². The van der Waals surface area contributed by atoms with Crippen molar-refractivity contribution >= 4 is 35.0 Å². The molecule has 3 aliphatic carbocycles. The van der Waals surface area contributed by atoms with Gasteiger partial charge in [-0.25, -0.2) is 0 Å². The Bertz CT molecular complexity index is 1620. The van der Waals surface area contributed by atoms with Gasteiger partial charge in [-0.3, -0.25) is 24.1 Å². The van der Waals surface area contributed by atoms with Crippen LogP contribution in [0.4, 0.5) is 0 Å². The van der Waals surface area contributed by atoms with Gasteiger partial charge in [0.15, 0.2) is 23.1 Å². The standard InChI is InChI=1S/C32H28ClNO7/c1-15-11-24(36)22-14-21-19(26(28(22)29(15)37)17-12-23(33)30(38)25(13-17)41-2)7-8-20-27(21)32(40)34(31(20)39)10-9-16-3-5-18(35)6-4-16/h3-7,11-13,20-21,26-27,35,38H,8-10,14H2,1-2H3/t20-,21+,26-,27-/m0/s1. The molecule has 8 nitrogen and oxygen atoms in total. The number of phenols is 2. The number of phenolic OH excluding ortho intramolecular Hbond substituents is 2. The van der Waals surface area contributed by atoms with Gasteiger partial charge in [-0.15, -0.1) is 0 Å². The summed E-state index contributed by atoms with van der Waals surface area (Å²) in [6.07, 6.45) is 4.23. The second-order valence-electron chi connectivity index (χ2n) is 11.0. The first kappa shape index (κ1) is 27.0. The number of amides is 2. The van der Waals surface area contributed by atoms with Crippen molar-refractivity contribution in [2.24, 2.45) is 17.8 Å². The lowest BCUT2D eigenvalue weighted by atomic mass is 9.59. The Hall–Kier alpha value is -4.17. The van der Waals surface area contributed by atoms with Crippen molar-refractivity contribution in [1.82, 2.24) is 4.90 Å². The van der Waals surface area contributed by atoms with Gasteiger partial charge >= 0.3 is 0 Å². The fraction of sp³-hybridized carbons (Fsp3) is 0.312. The van der Waals surface area contributed by atoms with E-state index in [1.54, 1.807) is 43.3 Å². The zero-order chi connectivity index (χ0) is 29.2. The molecule has 210 valence electrons. The molecule has 2 N–H and O–H groups in total. The van der Waals surface area contributed by atoms with Gasteiger partial charge in [0.25, 0.3) is 0 Å². The van der Waals surface area contributed by atoms with Crippen molar-refractivity contribution in [3.63, 3.8) is 0 Å². The molecular weight excluding hydrogens is 546 g/mol. The van der Waals surface area contributed by atoms with Crippen molar-refractivity contribution in [1.29, 1.82) is 0 Å². The Balaban J connectivity index is 1.40. The van der Waals surface area contributed by atoms with Crippen LogP contribution in [0.3, 0.4) is 0 Å². The van der Waals surface area contributed by atoms with E-state index in [0.717, 1.165) is 11.1 Å². The highest BCUT2D eigenvalue weighted by Crippen LogP contribution is 2.56. The lowest BCUT2D eigenvalue weighted by molar-refractivity contribution is -0.140. The highest BCUT2D eigenvalue weighted by Gasteiger charge is 2.56. The number of benzene rings is 2. The van der Waals surface area contributed by atoms with Crippen LogP contribution in [0.15, 0.2) is 70.8 Å². The second-order valence-corrected chi connectivity index (χ2v) is 11.4. The van der Waals surface area contributed by atoms with Crippen LogP contribution >= 0.6 is 11.6 Å². The summed E-state index contributed by atoms with van der Waals surface area (Å²) in [7, 11) is 1.39. The largest absolute Gasteiger partial charge is 0.508 e. The van der Waals surface area contributed by atoms with Crippen molar-refractivity contribution < 1.29 is 34.1 Å². The van der Waals surface area contributed by atoms with Gasteiger partial charge in [-0.05, 0) is 73.6 Å². The van der Waals surface area contributed by atoms with E-state index in [2.05, 4.69) is 0 Å². The van der Waals surface area contributed by atoms with Gasteiger partial charge < -0.3 is 14.9 Å². The third-order valence-corrected chi connectivity index (χ3v) is 9.11. The number of rotatable bonds is 5. The van der Waals surface area contributed by atoms with E-state index in [1.165, 1.54) is 18.1 Å². The van der Waals surface area contributed by atoms with Crippen LogP contribution in [0.5, 0.6) is 17.2 Å². The Kier molecular flexibility index (Phi) is 6.61. The molecule has 0 spiro atoms. The second kappa shape index (κ2) is 10.0. The highest BCUT2D eigenvalue weighted by atomic mass is 35.5. The monoisotopic (exact) mass is 573 g/mol. The first-order valence-corrected chi connectivity index (χ1v) is 13.9. The van der Waals surface area contributed by atoms with Crippen LogP contribution < -0.4 is 4.74 Å². The number of imide groups is 1. The van der Waals surface area contributed by atoms with Gasteiger partial charge in [0.2, 0.25) is 11.8 Å². The molecule has 2 amide bonds. The number of Topliss-reactive ketones (excluding diaryl/α,β-unsaturated/α-hetero) is 1. The maximum atomic E-state index is 13.9. The van der Waals surface area contributed by atoms with Crippen LogP contribution in [0.2, 0.25) is 5.02 Å². The van der Waals surface area contributed by atoms with Crippen LogP contribution in [-0.4, -0.2) is 52.1 Å². The summed E-state index contributed by atoms with van der Waals surface area (Å²) in [5, 5.41) is 20.0. The molecule has 0 radical (unpaired) electrons. The first-order chi connectivity index (χ1) is 19.6. The topological polar surface area (TPSA) is 121 Å². The number of ether oxygens (including phenoxy) is 1. The molecule has 0 aromatic heterocycles. The number of aromatic hydroxyl groups is 2. The van der Waals surface area contributed by atoms with E-state index in [9.17, 15) is 29.4 Å². The summed E-state index contributed by atoms with van der Waals surface area (Å²) in [5.41, 5.74) is 3.27. The van der Waals surface area contributed by atoms with Crippen LogP contribution in [-0.2, 0) is 25.6 Å². The number of methoxy groups -OCH3 is 1. The number of carbonyl (C=O) groups excluding carboxylic acids is 4. The Morgan fingerprint density at radius 1 is 1.02 bits per heavy atom. The number of allylic oxidation sites excluding steroid dienone is 6. The lowest BCUT2D eigenvalue weighted by Crippen LogP contribution is -2.40. The predicted octanol–water partition coefficient (Wildman–Crippen LogP) is 4.43. The van der Waals surface area contributed by atoms with Crippen molar-refractivity contribution in [2.75, 3.05) is 13.7 Å². The number of nitrogens with zero attached hydrogens (tertiary/aromatic N) is 1. The first-order valence-electron chi connectivity index (χ1n) is 13.5. The third-order valence-electron chi connectivity index (χ3n) is 8.82. The normalized spacial score (nSPS) is 25.5. The number of hydrogen-bond acceptors (Lipinski definition) is 7. The van der Waals surface area contributed by atoms with Gasteiger partial charge in [0.05, 0.1) is 24.0 Å². The molecule has 4 atom stereocenters. The van der Waals surface area contributed by atoms with Gasteiger partial charge in [-0.2, -0.15) is 0 Å². The minimum absolute atomic E-state index is 0.0345. The fourth-order valence-electron chi connectivity index (χ4n) is 6.85. The van der Waals surface area contributed by atoms with Crippen LogP contribution in [0.25, 0.3) is 0 Å². The molecule has 1 fully saturated rings. The number of hydrogen-bond donors (Lipinski definition) is 2. The summed E-state index contributed by atoms with van der Waals surface area (Å²) >= 11 is 6.36. The number of fused-ring (bicyclic) bond motifs is 3. The Morgan fingerprint density at radius 3 is 2.46 bits per heavy atom. The Morgan fingerprint density at radius 2 is 1.76 bits per heavy atom. The summed E-state index contributed by atoms with van der Waals surface area (Å²) in [4.78, 5) is 55.5. The minimum atomic E-state index is -0.689. The summed E-state index contributed by atoms with van der Waals surface area (Å²) in [5.74, 6) is -3.38. The molecule has 2 aromatic rings. The lowest BCUT2D eigenvalue weighted by Gasteiger charge is -2.42. The van der Waals surface area contributed by atoms with Crippen LogP contribution in [0.1, 0.15) is 36.8 Å². The Labute approximate surface area is 241 Å². The minimum Gasteiger partial charge on any atom is -0.508 e. The van der Waals surface area contributed by atoms with Gasteiger partial charge in [0.1, 0.15) is 5.75 Å². The van der Waals surface area contributed by atoms with Gasteiger partial charge in [-0.1, -0.05) is 35.4 Å². The zero-order valence-electron chi connectivity index (χ0n) is 22.5. The van der Waals surface area contributed by atoms with Crippen molar-refractivity contribution in [3.05, 3.63) is 87.0 Å². The molecule has 4 aliphatic rings. The van der Waals surface area contributed by atoms with Gasteiger partial charge in [0, 0.05) is 29.2 Å². The molecule has 0 unspecified atom stereocenters. The summed E-state index contributed by atoms with van der Waals surface area (Å²) in [6.45, 7) is 1.81. The number of halogens is 1. The van der Waals surface area contributed by atoms with E-state index in [-0.39, 0.29) is 58.6 Å². The number of ketones is 2. The summed E-state index contributed by atoms with van der Waals surface area (Å²) < 4.78 is 5.33. The molecule has 0 bridgehead atoms. The maximum Gasteiger partial charge on any atom is 0.233 e. The maximum absolute atomic E-state index is 13.9. The molecule has 1 saturated heterocycles. The molecular formula is C32H28ClNO7. The van der Waals surface area contributed by atoms with E-state index in [0.29, 0.717) is 35.1 Å². The average Bonchev–Trinajstić information content (AvgIpc) is 3.20. The quantitative estimate of drug-likeness (QED) is 0.308. The molecule has 9 heteroatoms. The number of carbonyl (C=O) groups is 4. The van der Waals surface area contributed by atoms with Crippen molar-refractivity contribution in [2.45, 2.75) is 32.1 Å². The smallest absolute Gasteiger partial charge is 0.233 e. The third kappa shape index (κ3) is 4.28. The molecule has 6 rings (SSSR count). The molecule has 1 aliphatic heterocycles. The molecule has 1 heterocycles. The molecule has 0 saturated carbocycles. The zero-order valence-corrected chi connectivity index (χ0v) is 23.3. The number of likely N-dealkylation sites (tertiary alicyclic amines) is 1. The van der Waals surface area contributed by atoms with Crippen LogP contribution in [0, 0.1) is 17.8 Å². The average molecular weight is 574 g/mol. The van der Waals surface area contributed by atoms with E-state index in [1.807, 2.05) is 6.08 Å².